The molecule has 2 N–H and O–H groups in total. The molecule has 0 aromatic carbocycles. The first kappa shape index (κ1) is 9.47. The van der Waals surface area contributed by atoms with E-state index in [1.807, 2.05) is 0 Å². The van der Waals surface area contributed by atoms with E-state index in [0.29, 0.717) is 6.04 Å². The Balaban J connectivity index is 2.07. The van der Waals surface area contributed by atoms with Crippen molar-refractivity contribution in [1.29, 1.82) is 0 Å². The second kappa shape index (κ2) is 3.58. The molecule has 2 aliphatic rings. The maximum atomic E-state index is 6.09. The standard InChI is InChI=1S/C11H22N2/c1-8(2)11-7-9(12)6-10-4-3-5-13(10)11/h8-11H,3-7,12H2,1-2H3/t9-,10+,11-/m1/s1. The molecular weight excluding hydrogens is 160 g/mol. The normalized spacial score (nSPS) is 41.1. The molecule has 0 saturated carbocycles. The molecule has 0 radical (unpaired) electrons. The highest BCUT2D eigenvalue weighted by molar-refractivity contribution is 4.94. The van der Waals surface area contributed by atoms with E-state index in [9.17, 15) is 0 Å². The largest absolute Gasteiger partial charge is 0.328 e. The van der Waals surface area contributed by atoms with Gasteiger partial charge in [0, 0.05) is 18.1 Å². The van der Waals surface area contributed by atoms with Crippen LogP contribution in [0.2, 0.25) is 0 Å². The zero-order valence-electron chi connectivity index (χ0n) is 8.87. The maximum absolute atomic E-state index is 6.09. The monoisotopic (exact) mass is 182 g/mol. The van der Waals surface area contributed by atoms with Gasteiger partial charge in [-0.05, 0) is 38.1 Å². The third-order valence-corrected chi connectivity index (χ3v) is 3.74. The van der Waals surface area contributed by atoms with Crippen LogP contribution >= 0.6 is 0 Å². The number of nitrogens with two attached hydrogens (primary N) is 1. The summed E-state index contributed by atoms with van der Waals surface area (Å²) >= 11 is 0. The zero-order chi connectivity index (χ0) is 9.42. The van der Waals surface area contributed by atoms with E-state index in [2.05, 4.69) is 18.7 Å². The summed E-state index contributed by atoms with van der Waals surface area (Å²) < 4.78 is 0. The SMILES string of the molecule is CC(C)[C@H]1C[C@H](N)C[C@@H]2CCCN21. The molecule has 0 unspecified atom stereocenters. The van der Waals surface area contributed by atoms with Gasteiger partial charge in [-0.1, -0.05) is 13.8 Å². The van der Waals surface area contributed by atoms with Gasteiger partial charge in [-0.25, -0.2) is 0 Å². The lowest BCUT2D eigenvalue weighted by Gasteiger charge is -2.42. The second-order valence-electron chi connectivity index (χ2n) is 5.08. The van der Waals surface area contributed by atoms with Gasteiger partial charge in [-0.3, -0.25) is 4.90 Å². The van der Waals surface area contributed by atoms with Gasteiger partial charge in [0.1, 0.15) is 0 Å². The van der Waals surface area contributed by atoms with Crippen molar-refractivity contribution < 1.29 is 0 Å². The number of piperidine rings is 1. The van der Waals surface area contributed by atoms with Crippen molar-refractivity contribution >= 4 is 0 Å². The maximum Gasteiger partial charge on any atom is 0.0136 e. The summed E-state index contributed by atoms with van der Waals surface area (Å²) in [4.78, 5) is 2.72. The molecule has 2 saturated heterocycles. The Hall–Kier alpha value is -0.0800. The highest BCUT2D eigenvalue weighted by atomic mass is 15.2. The predicted molar refractivity (Wildman–Crippen MR) is 55.6 cm³/mol. The number of nitrogens with zero attached hydrogens (tertiary/aromatic N) is 1. The van der Waals surface area contributed by atoms with Crippen LogP contribution in [0, 0.1) is 5.92 Å². The Kier molecular flexibility index (Phi) is 2.61. The van der Waals surface area contributed by atoms with E-state index in [4.69, 9.17) is 5.73 Å². The lowest BCUT2D eigenvalue weighted by atomic mass is 9.87. The van der Waals surface area contributed by atoms with Gasteiger partial charge >= 0.3 is 0 Å². The molecule has 2 heterocycles. The molecular formula is C11H22N2. The molecule has 2 nitrogen and oxygen atoms in total. The first-order chi connectivity index (χ1) is 6.18. The fourth-order valence-electron chi connectivity index (χ4n) is 3.09. The van der Waals surface area contributed by atoms with E-state index in [1.54, 1.807) is 0 Å². The summed E-state index contributed by atoms with van der Waals surface area (Å²) in [7, 11) is 0. The molecule has 76 valence electrons. The third kappa shape index (κ3) is 1.75. The molecule has 2 heteroatoms. The van der Waals surface area contributed by atoms with Gasteiger partial charge < -0.3 is 5.73 Å². The smallest absolute Gasteiger partial charge is 0.0136 e. The highest BCUT2D eigenvalue weighted by Gasteiger charge is 2.37. The van der Waals surface area contributed by atoms with Crippen LogP contribution < -0.4 is 5.73 Å². The Labute approximate surface area is 81.5 Å². The topological polar surface area (TPSA) is 29.3 Å². The van der Waals surface area contributed by atoms with Crippen LogP contribution in [0.5, 0.6) is 0 Å². The number of fused-ring (bicyclic) bond motifs is 1. The Morgan fingerprint density at radius 2 is 2.08 bits per heavy atom. The van der Waals surface area contributed by atoms with E-state index >= 15 is 0 Å². The molecule has 0 aromatic rings. The first-order valence-corrected chi connectivity index (χ1v) is 5.70. The first-order valence-electron chi connectivity index (χ1n) is 5.70. The minimum absolute atomic E-state index is 0.465. The Morgan fingerprint density at radius 3 is 2.77 bits per heavy atom. The van der Waals surface area contributed by atoms with E-state index in [1.165, 1.54) is 32.2 Å². The lowest BCUT2D eigenvalue weighted by molar-refractivity contribution is 0.0796. The van der Waals surface area contributed by atoms with Crippen molar-refractivity contribution in [2.24, 2.45) is 11.7 Å². The summed E-state index contributed by atoms with van der Waals surface area (Å²) in [6.07, 6.45) is 5.23. The van der Waals surface area contributed by atoms with Crippen molar-refractivity contribution in [3.8, 4) is 0 Å². The number of rotatable bonds is 1. The average Bonchev–Trinajstić information content (AvgIpc) is 2.49. The number of hydrogen-bond donors (Lipinski definition) is 1. The second-order valence-corrected chi connectivity index (χ2v) is 5.08. The van der Waals surface area contributed by atoms with Gasteiger partial charge in [0.15, 0.2) is 0 Å². The highest BCUT2D eigenvalue weighted by Crippen LogP contribution is 2.33. The minimum atomic E-state index is 0.465. The molecule has 0 spiro atoms. The predicted octanol–water partition coefficient (Wildman–Crippen LogP) is 1.60. The molecule has 0 bridgehead atoms. The van der Waals surface area contributed by atoms with Crippen LogP contribution in [0.25, 0.3) is 0 Å². The summed E-state index contributed by atoms with van der Waals surface area (Å²) in [5.74, 6) is 0.770. The van der Waals surface area contributed by atoms with E-state index in [0.717, 1.165) is 18.0 Å². The van der Waals surface area contributed by atoms with Crippen molar-refractivity contribution in [1.82, 2.24) is 4.90 Å². The van der Waals surface area contributed by atoms with Gasteiger partial charge in [0.2, 0.25) is 0 Å². The van der Waals surface area contributed by atoms with Crippen molar-refractivity contribution in [2.45, 2.75) is 57.7 Å². The Bertz CT molecular complexity index is 179. The van der Waals surface area contributed by atoms with Crippen LogP contribution in [-0.2, 0) is 0 Å². The van der Waals surface area contributed by atoms with Gasteiger partial charge in [-0.2, -0.15) is 0 Å². The zero-order valence-corrected chi connectivity index (χ0v) is 8.87. The molecule has 13 heavy (non-hydrogen) atoms. The van der Waals surface area contributed by atoms with Gasteiger partial charge in [0.05, 0.1) is 0 Å². The third-order valence-electron chi connectivity index (χ3n) is 3.74. The van der Waals surface area contributed by atoms with Gasteiger partial charge in [-0.15, -0.1) is 0 Å². The fraction of sp³-hybridized carbons (Fsp3) is 1.00. The molecule has 2 rings (SSSR count). The summed E-state index contributed by atoms with van der Waals surface area (Å²) in [5.41, 5.74) is 6.09. The van der Waals surface area contributed by atoms with Crippen LogP contribution in [0.15, 0.2) is 0 Å². The van der Waals surface area contributed by atoms with E-state index < -0.39 is 0 Å². The molecule has 2 fully saturated rings. The van der Waals surface area contributed by atoms with Crippen LogP contribution in [0.3, 0.4) is 0 Å². The molecule has 0 aromatic heterocycles. The van der Waals surface area contributed by atoms with Crippen molar-refractivity contribution in [3.63, 3.8) is 0 Å². The summed E-state index contributed by atoms with van der Waals surface area (Å²) in [6, 6.07) is 2.04. The summed E-state index contributed by atoms with van der Waals surface area (Å²) in [6.45, 7) is 5.98. The van der Waals surface area contributed by atoms with Crippen LogP contribution in [-0.4, -0.2) is 29.6 Å². The minimum Gasteiger partial charge on any atom is -0.328 e. The number of hydrogen-bond acceptors (Lipinski definition) is 2. The van der Waals surface area contributed by atoms with Crippen molar-refractivity contribution in [2.75, 3.05) is 6.54 Å². The van der Waals surface area contributed by atoms with Crippen molar-refractivity contribution in [3.05, 3.63) is 0 Å². The fourth-order valence-corrected chi connectivity index (χ4v) is 3.09. The molecule has 3 atom stereocenters. The summed E-state index contributed by atoms with van der Waals surface area (Å²) in [5, 5.41) is 0. The average molecular weight is 182 g/mol. The molecule has 0 aliphatic carbocycles. The Morgan fingerprint density at radius 1 is 1.31 bits per heavy atom. The quantitative estimate of drug-likeness (QED) is 0.667. The van der Waals surface area contributed by atoms with Crippen LogP contribution in [0.4, 0.5) is 0 Å². The van der Waals surface area contributed by atoms with Crippen LogP contribution in [0.1, 0.15) is 39.5 Å². The van der Waals surface area contributed by atoms with Gasteiger partial charge in [0.25, 0.3) is 0 Å². The molecule has 2 aliphatic heterocycles. The lowest BCUT2D eigenvalue weighted by Crippen LogP contribution is -2.51. The molecule has 0 amide bonds. The van der Waals surface area contributed by atoms with E-state index in [-0.39, 0.29) is 0 Å².